The minimum atomic E-state index is 0.152. The molecule has 0 saturated heterocycles. The number of hydrogen-bond donors (Lipinski definition) is 0. The molecule has 0 saturated carbocycles. The van der Waals surface area contributed by atoms with Gasteiger partial charge in [0.1, 0.15) is 0 Å². The number of amides is 1. The van der Waals surface area contributed by atoms with Crippen molar-refractivity contribution in [3.8, 4) is 0 Å². The van der Waals surface area contributed by atoms with Crippen LogP contribution in [0.5, 0.6) is 0 Å². The molecule has 0 atom stereocenters. The number of likely N-dealkylation sites (N-methyl/N-ethyl adjacent to an activating group) is 1. The van der Waals surface area contributed by atoms with E-state index >= 15 is 0 Å². The van der Waals surface area contributed by atoms with Crippen molar-refractivity contribution in [2.24, 2.45) is 0 Å². The molecule has 1 rings (SSSR count). The van der Waals surface area contributed by atoms with Gasteiger partial charge in [0.25, 0.3) is 5.91 Å². The average Bonchev–Trinajstić information content (AvgIpc) is 2.47. The molecule has 0 radical (unpaired) electrons. The van der Waals surface area contributed by atoms with Gasteiger partial charge in [0.15, 0.2) is 0 Å². The zero-order valence-corrected chi connectivity index (χ0v) is 9.08. The monoisotopic (exact) mass is 191 g/mol. The summed E-state index contributed by atoms with van der Waals surface area (Å²) in [5.74, 6) is 0.152. The highest BCUT2D eigenvalue weighted by Gasteiger charge is 2.25. The Bertz CT molecular complexity index is 310. The van der Waals surface area contributed by atoms with Crippen molar-refractivity contribution in [2.45, 2.75) is 20.8 Å². The summed E-state index contributed by atoms with van der Waals surface area (Å²) in [5.41, 5.74) is 1.96. The molecule has 2 nitrogen and oxygen atoms in total. The third kappa shape index (κ3) is 1.95. The Morgan fingerprint density at radius 2 is 1.93 bits per heavy atom. The van der Waals surface area contributed by atoms with Gasteiger partial charge in [-0.2, -0.15) is 0 Å². The van der Waals surface area contributed by atoms with E-state index in [1.54, 1.807) is 0 Å². The summed E-state index contributed by atoms with van der Waals surface area (Å²) in [5, 5.41) is 0. The maximum atomic E-state index is 11.8. The molecule has 1 aliphatic heterocycles. The van der Waals surface area contributed by atoms with E-state index in [4.69, 9.17) is 0 Å². The third-order valence-corrected chi connectivity index (χ3v) is 2.31. The van der Waals surface area contributed by atoms with Gasteiger partial charge in [-0.05, 0) is 26.3 Å². The SMILES string of the molecule is C/C=C\C1=C(/C=C\C)C(=O)N(CC)C1. The van der Waals surface area contributed by atoms with Gasteiger partial charge in [-0.3, -0.25) is 4.79 Å². The summed E-state index contributed by atoms with van der Waals surface area (Å²) in [6, 6.07) is 0. The molecule has 1 aliphatic rings. The number of carbonyl (C=O) groups is 1. The first-order chi connectivity index (χ1) is 6.74. The highest BCUT2D eigenvalue weighted by atomic mass is 16.2. The fourth-order valence-electron chi connectivity index (χ4n) is 1.61. The van der Waals surface area contributed by atoms with Crippen LogP contribution in [0.4, 0.5) is 0 Å². The number of nitrogens with zero attached hydrogens (tertiary/aromatic N) is 1. The molecule has 1 amide bonds. The van der Waals surface area contributed by atoms with Crippen molar-refractivity contribution >= 4 is 5.91 Å². The van der Waals surface area contributed by atoms with Crippen molar-refractivity contribution in [3.63, 3.8) is 0 Å². The molecule has 2 heteroatoms. The maximum Gasteiger partial charge on any atom is 0.254 e. The van der Waals surface area contributed by atoms with Crippen LogP contribution in [-0.2, 0) is 4.79 Å². The molecule has 0 aromatic carbocycles. The van der Waals surface area contributed by atoms with Gasteiger partial charge in [-0.15, -0.1) is 0 Å². The quantitative estimate of drug-likeness (QED) is 0.670. The molecule has 0 fully saturated rings. The highest BCUT2D eigenvalue weighted by molar-refractivity contribution is 6.00. The molecule has 0 N–H and O–H groups in total. The fraction of sp³-hybridized carbons (Fsp3) is 0.417. The molecule has 0 aromatic rings. The van der Waals surface area contributed by atoms with Crippen molar-refractivity contribution in [2.75, 3.05) is 13.1 Å². The standard InChI is InChI=1S/C12H17NO/c1-4-7-10-9-13(6-3)12(14)11(10)8-5-2/h4-5,7-8H,6,9H2,1-3H3/b7-4-,8-5-. The number of allylic oxidation sites excluding steroid dienone is 2. The van der Waals surface area contributed by atoms with Gasteiger partial charge in [0.2, 0.25) is 0 Å². The Morgan fingerprint density at radius 3 is 2.43 bits per heavy atom. The Kier molecular flexibility index (Phi) is 3.69. The summed E-state index contributed by atoms with van der Waals surface area (Å²) in [6.45, 7) is 7.44. The van der Waals surface area contributed by atoms with E-state index in [2.05, 4.69) is 0 Å². The first kappa shape index (κ1) is 10.8. The van der Waals surface area contributed by atoms with Crippen LogP contribution in [0.2, 0.25) is 0 Å². The van der Waals surface area contributed by atoms with Crippen LogP contribution in [0.1, 0.15) is 20.8 Å². The van der Waals surface area contributed by atoms with Crippen molar-refractivity contribution in [3.05, 3.63) is 35.5 Å². The predicted octanol–water partition coefficient (Wildman–Crippen LogP) is 2.30. The highest BCUT2D eigenvalue weighted by Crippen LogP contribution is 2.20. The summed E-state index contributed by atoms with van der Waals surface area (Å²) >= 11 is 0. The lowest BCUT2D eigenvalue weighted by Crippen LogP contribution is -2.26. The van der Waals surface area contributed by atoms with Crippen LogP contribution >= 0.6 is 0 Å². The average molecular weight is 191 g/mol. The van der Waals surface area contributed by atoms with E-state index in [-0.39, 0.29) is 5.91 Å². The second kappa shape index (κ2) is 4.80. The third-order valence-electron chi connectivity index (χ3n) is 2.31. The smallest absolute Gasteiger partial charge is 0.254 e. The van der Waals surface area contributed by atoms with E-state index in [1.807, 2.05) is 50.0 Å². The van der Waals surface area contributed by atoms with E-state index in [0.717, 1.165) is 24.2 Å². The van der Waals surface area contributed by atoms with Gasteiger partial charge < -0.3 is 4.90 Å². The summed E-state index contributed by atoms with van der Waals surface area (Å²) in [4.78, 5) is 13.6. The minimum Gasteiger partial charge on any atom is -0.335 e. The van der Waals surface area contributed by atoms with Gasteiger partial charge in [0, 0.05) is 18.7 Å². The topological polar surface area (TPSA) is 20.3 Å². The molecule has 76 valence electrons. The summed E-state index contributed by atoms with van der Waals surface area (Å²) in [7, 11) is 0. The zero-order valence-electron chi connectivity index (χ0n) is 9.08. The summed E-state index contributed by atoms with van der Waals surface area (Å²) in [6.07, 6.45) is 7.80. The minimum absolute atomic E-state index is 0.152. The van der Waals surface area contributed by atoms with Crippen molar-refractivity contribution in [1.82, 2.24) is 4.90 Å². The van der Waals surface area contributed by atoms with Crippen LogP contribution in [-0.4, -0.2) is 23.9 Å². The van der Waals surface area contributed by atoms with E-state index < -0.39 is 0 Å². The number of rotatable bonds is 3. The molecule has 1 heterocycles. The molecular weight excluding hydrogens is 174 g/mol. The van der Waals surface area contributed by atoms with Crippen LogP contribution < -0.4 is 0 Å². The lowest BCUT2D eigenvalue weighted by molar-refractivity contribution is -0.124. The Hall–Kier alpha value is -1.31. The number of hydrogen-bond acceptors (Lipinski definition) is 1. The van der Waals surface area contributed by atoms with E-state index in [0.29, 0.717) is 0 Å². The predicted molar refractivity (Wildman–Crippen MR) is 58.9 cm³/mol. The van der Waals surface area contributed by atoms with Gasteiger partial charge >= 0.3 is 0 Å². The molecule has 0 aromatic heterocycles. The van der Waals surface area contributed by atoms with Crippen LogP contribution in [0.15, 0.2) is 35.5 Å². The zero-order chi connectivity index (χ0) is 10.6. The lowest BCUT2D eigenvalue weighted by Gasteiger charge is -2.12. The largest absolute Gasteiger partial charge is 0.335 e. The first-order valence-corrected chi connectivity index (χ1v) is 5.02. The van der Waals surface area contributed by atoms with Crippen molar-refractivity contribution in [1.29, 1.82) is 0 Å². The lowest BCUT2D eigenvalue weighted by atomic mass is 10.1. The van der Waals surface area contributed by atoms with Gasteiger partial charge in [0.05, 0.1) is 0 Å². The van der Waals surface area contributed by atoms with Gasteiger partial charge in [-0.25, -0.2) is 0 Å². The van der Waals surface area contributed by atoms with Gasteiger partial charge in [-0.1, -0.05) is 24.3 Å². The molecule has 0 bridgehead atoms. The first-order valence-electron chi connectivity index (χ1n) is 5.02. The Balaban J connectivity index is 2.99. The molecular formula is C12H17NO. The normalized spacial score (nSPS) is 18.2. The van der Waals surface area contributed by atoms with E-state index in [1.165, 1.54) is 0 Å². The summed E-state index contributed by atoms with van der Waals surface area (Å²) < 4.78 is 0. The van der Waals surface area contributed by atoms with Crippen LogP contribution in [0.25, 0.3) is 0 Å². The fourth-order valence-corrected chi connectivity index (χ4v) is 1.61. The second-order valence-corrected chi connectivity index (χ2v) is 3.26. The molecule has 0 aliphatic carbocycles. The number of carbonyl (C=O) groups excluding carboxylic acids is 1. The van der Waals surface area contributed by atoms with E-state index in [9.17, 15) is 4.79 Å². The Morgan fingerprint density at radius 1 is 1.29 bits per heavy atom. The van der Waals surface area contributed by atoms with Crippen LogP contribution in [0, 0.1) is 0 Å². The maximum absolute atomic E-state index is 11.8. The van der Waals surface area contributed by atoms with Crippen LogP contribution in [0.3, 0.4) is 0 Å². The molecule has 0 spiro atoms. The van der Waals surface area contributed by atoms with Crippen molar-refractivity contribution < 1.29 is 4.79 Å². The Labute approximate surface area is 85.6 Å². The molecule has 0 unspecified atom stereocenters. The second-order valence-electron chi connectivity index (χ2n) is 3.26. The molecule has 14 heavy (non-hydrogen) atoms.